The molecule has 0 heterocycles. The lowest BCUT2D eigenvalue weighted by Crippen LogP contribution is -2.30. The number of amides is 2. The summed E-state index contributed by atoms with van der Waals surface area (Å²) in [6.45, 7) is 5.14. The molecule has 1 fully saturated rings. The third-order valence-corrected chi connectivity index (χ3v) is 6.50. The fourth-order valence-corrected chi connectivity index (χ4v) is 4.30. The zero-order valence-electron chi connectivity index (χ0n) is 17.7. The molecule has 1 aliphatic carbocycles. The number of carbonyl (C=O) groups excluding carboxylic acids is 2. The van der Waals surface area contributed by atoms with Gasteiger partial charge < -0.3 is 10.2 Å². The van der Waals surface area contributed by atoms with Gasteiger partial charge in [-0.2, -0.15) is 0 Å². The van der Waals surface area contributed by atoms with Crippen molar-refractivity contribution in [2.45, 2.75) is 37.6 Å². The number of benzene rings is 2. The minimum atomic E-state index is -3.48. The van der Waals surface area contributed by atoms with Gasteiger partial charge in [0.1, 0.15) is 0 Å². The van der Waals surface area contributed by atoms with Gasteiger partial charge in [-0.15, -0.1) is 0 Å². The van der Waals surface area contributed by atoms with E-state index in [2.05, 4.69) is 10.0 Å². The molecule has 2 N–H and O–H groups in total. The first kappa shape index (κ1) is 22.7. The van der Waals surface area contributed by atoms with Crippen LogP contribution in [-0.2, 0) is 14.8 Å². The molecule has 7 nitrogen and oxygen atoms in total. The van der Waals surface area contributed by atoms with Crippen molar-refractivity contribution in [1.82, 2.24) is 9.62 Å². The van der Waals surface area contributed by atoms with Crippen molar-refractivity contribution in [1.29, 1.82) is 0 Å². The summed E-state index contributed by atoms with van der Waals surface area (Å²) in [5, 5.41) is 2.74. The predicted octanol–water partition coefficient (Wildman–Crippen LogP) is 3.26. The summed E-state index contributed by atoms with van der Waals surface area (Å²) in [5.41, 5.74) is 1.86. The highest BCUT2D eigenvalue weighted by Crippen LogP contribution is 2.22. The Morgan fingerprint density at radius 2 is 1.61 bits per heavy atom. The zero-order chi connectivity index (χ0) is 22.4. The van der Waals surface area contributed by atoms with Gasteiger partial charge in [0, 0.05) is 36.5 Å². The van der Waals surface area contributed by atoms with E-state index in [1.807, 2.05) is 13.8 Å². The summed E-state index contributed by atoms with van der Waals surface area (Å²) in [6.07, 6.45) is 4.74. The number of nitrogens with zero attached hydrogens (tertiary/aromatic N) is 1. The van der Waals surface area contributed by atoms with Crippen LogP contribution in [0.3, 0.4) is 0 Å². The van der Waals surface area contributed by atoms with Crippen molar-refractivity contribution in [3.8, 4) is 0 Å². The molecule has 2 amide bonds. The lowest BCUT2D eigenvalue weighted by atomic mass is 10.1. The van der Waals surface area contributed by atoms with E-state index in [1.165, 1.54) is 18.2 Å². The fourth-order valence-electron chi connectivity index (χ4n) is 2.99. The van der Waals surface area contributed by atoms with Gasteiger partial charge in [-0.05, 0) is 74.7 Å². The Bertz CT molecular complexity index is 1050. The van der Waals surface area contributed by atoms with Crippen molar-refractivity contribution in [3.63, 3.8) is 0 Å². The third kappa shape index (κ3) is 6.26. The van der Waals surface area contributed by atoms with Gasteiger partial charge in [0.25, 0.3) is 5.91 Å². The van der Waals surface area contributed by atoms with Crippen LogP contribution in [0.5, 0.6) is 0 Å². The summed E-state index contributed by atoms with van der Waals surface area (Å²) < 4.78 is 27.0. The number of carbonyl (C=O) groups is 2. The van der Waals surface area contributed by atoms with Crippen LogP contribution in [0.15, 0.2) is 59.5 Å². The van der Waals surface area contributed by atoms with Gasteiger partial charge in [0.05, 0.1) is 4.90 Å². The van der Waals surface area contributed by atoms with Crippen LogP contribution in [0, 0.1) is 0 Å². The number of hydrogen-bond acceptors (Lipinski definition) is 4. The van der Waals surface area contributed by atoms with E-state index in [0.29, 0.717) is 29.9 Å². The molecule has 31 heavy (non-hydrogen) atoms. The SMILES string of the molecule is CCN(CC)C(=O)c1ccc(NC(=O)/C=C/c2ccc(S(=O)(=O)NC3CC3)cc2)cc1. The number of rotatable bonds is 9. The van der Waals surface area contributed by atoms with Gasteiger partial charge in [0.2, 0.25) is 15.9 Å². The minimum Gasteiger partial charge on any atom is -0.339 e. The Labute approximate surface area is 183 Å². The Kier molecular flexibility index (Phi) is 7.25. The van der Waals surface area contributed by atoms with Crippen LogP contribution in [-0.4, -0.2) is 44.3 Å². The lowest BCUT2D eigenvalue weighted by molar-refractivity contribution is -0.111. The first-order valence-corrected chi connectivity index (χ1v) is 11.8. The van der Waals surface area contributed by atoms with Crippen LogP contribution in [0.1, 0.15) is 42.6 Å². The number of sulfonamides is 1. The predicted molar refractivity (Wildman–Crippen MR) is 121 cm³/mol. The molecule has 1 saturated carbocycles. The molecule has 0 bridgehead atoms. The van der Waals surface area contributed by atoms with Crippen LogP contribution in [0.2, 0.25) is 0 Å². The van der Waals surface area contributed by atoms with Crippen LogP contribution in [0.4, 0.5) is 5.69 Å². The quantitative estimate of drug-likeness (QED) is 0.584. The maximum absolute atomic E-state index is 12.3. The summed E-state index contributed by atoms with van der Waals surface area (Å²) in [5.74, 6) is -0.365. The van der Waals surface area contributed by atoms with Gasteiger partial charge >= 0.3 is 0 Å². The molecule has 0 atom stereocenters. The Morgan fingerprint density at radius 1 is 1.00 bits per heavy atom. The molecule has 0 aliphatic heterocycles. The average molecular weight is 442 g/mol. The van der Waals surface area contributed by atoms with E-state index in [9.17, 15) is 18.0 Å². The summed E-state index contributed by atoms with van der Waals surface area (Å²) in [6, 6.07) is 13.2. The molecule has 8 heteroatoms. The molecule has 3 rings (SSSR count). The maximum Gasteiger partial charge on any atom is 0.253 e. The Morgan fingerprint density at radius 3 is 2.16 bits per heavy atom. The van der Waals surface area contributed by atoms with Crippen molar-refractivity contribution < 1.29 is 18.0 Å². The molecule has 0 saturated heterocycles. The van der Waals surface area contributed by atoms with Gasteiger partial charge in [-0.3, -0.25) is 9.59 Å². The molecular weight excluding hydrogens is 414 g/mol. The molecule has 2 aromatic rings. The highest BCUT2D eigenvalue weighted by molar-refractivity contribution is 7.89. The van der Waals surface area contributed by atoms with Crippen LogP contribution in [0.25, 0.3) is 6.08 Å². The highest BCUT2D eigenvalue weighted by atomic mass is 32.2. The van der Waals surface area contributed by atoms with Crippen molar-refractivity contribution >= 4 is 33.6 Å². The van der Waals surface area contributed by atoms with Crippen LogP contribution >= 0.6 is 0 Å². The largest absolute Gasteiger partial charge is 0.339 e. The highest BCUT2D eigenvalue weighted by Gasteiger charge is 2.27. The topological polar surface area (TPSA) is 95.6 Å². The first-order chi connectivity index (χ1) is 14.8. The van der Waals surface area contributed by atoms with Crippen molar-refractivity contribution in [3.05, 3.63) is 65.7 Å². The minimum absolute atomic E-state index is 0.0411. The molecule has 0 unspecified atom stereocenters. The third-order valence-electron chi connectivity index (χ3n) is 4.97. The van der Waals surface area contributed by atoms with E-state index in [1.54, 1.807) is 47.4 Å². The number of hydrogen-bond donors (Lipinski definition) is 2. The maximum atomic E-state index is 12.3. The second-order valence-electron chi connectivity index (χ2n) is 7.34. The fraction of sp³-hybridized carbons (Fsp3) is 0.304. The summed E-state index contributed by atoms with van der Waals surface area (Å²) in [7, 11) is -3.48. The van der Waals surface area contributed by atoms with E-state index in [0.717, 1.165) is 12.8 Å². The Balaban J connectivity index is 1.57. The van der Waals surface area contributed by atoms with E-state index < -0.39 is 10.0 Å². The standard InChI is InChI=1S/C23H27N3O4S/c1-3-26(4-2)23(28)18-8-10-19(11-9-18)24-22(27)16-7-17-5-14-21(15-6-17)31(29,30)25-20-12-13-20/h5-11,14-16,20,25H,3-4,12-13H2,1-2H3,(H,24,27)/b16-7+. The molecule has 0 spiro atoms. The van der Waals surface area contributed by atoms with E-state index in [4.69, 9.17) is 0 Å². The molecule has 1 aliphatic rings. The Hall–Kier alpha value is -2.97. The average Bonchev–Trinajstić information content (AvgIpc) is 3.57. The summed E-state index contributed by atoms with van der Waals surface area (Å²) in [4.78, 5) is 26.4. The van der Waals surface area contributed by atoms with Gasteiger partial charge in [-0.25, -0.2) is 13.1 Å². The molecule has 0 aromatic heterocycles. The second kappa shape index (κ2) is 9.89. The molecule has 2 aromatic carbocycles. The summed E-state index contributed by atoms with van der Waals surface area (Å²) >= 11 is 0. The van der Waals surface area contributed by atoms with E-state index >= 15 is 0 Å². The van der Waals surface area contributed by atoms with Crippen molar-refractivity contribution in [2.75, 3.05) is 18.4 Å². The number of nitrogens with one attached hydrogen (secondary N) is 2. The smallest absolute Gasteiger partial charge is 0.253 e. The number of anilines is 1. The van der Waals surface area contributed by atoms with Gasteiger partial charge in [-0.1, -0.05) is 12.1 Å². The van der Waals surface area contributed by atoms with E-state index in [-0.39, 0.29) is 22.8 Å². The normalized spacial score (nSPS) is 13.9. The van der Waals surface area contributed by atoms with Gasteiger partial charge in [0.15, 0.2) is 0 Å². The lowest BCUT2D eigenvalue weighted by Gasteiger charge is -2.18. The molecular formula is C23H27N3O4S. The molecule has 164 valence electrons. The van der Waals surface area contributed by atoms with Crippen LogP contribution < -0.4 is 10.0 Å². The second-order valence-corrected chi connectivity index (χ2v) is 9.06. The first-order valence-electron chi connectivity index (χ1n) is 10.3. The zero-order valence-corrected chi connectivity index (χ0v) is 18.5. The van der Waals surface area contributed by atoms with Crippen molar-refractivity contribution in [2.24, 2.45) is 0 Å². The monoisotopic (exact) mass is 441 g/mol. The molecule has 0 radical (unpaired) electrons.